The number of nitrogens with zero attached hydrogens (tertiary/aromatic N) is 2. The lowest BCUT2D eigenvalue weighted by Gasteiger charge is -2.27. The highest BCUT2D eigenvalue weighted by Gasteiger charge is 2.16. The smallest absolute Gasteiger partial charge is 0.221 e. The monoisotopic (exact) mass is 543 g/mol. The number of aliphatic imine (C=N–C) groups is 1. The molecule has 0 atom stereocenters. The fraction of sp³-hybridized carbons (Fsp3) is 0.652. The number of amides is 1. The van der Waals surface area contributed by atoms with E-state index in [9.17, 15) is 4.79 Å². The zero-order chi connectivity index (χ0) is 21.0. The molecule has 7 nitrogen and oxygen atoms in total. The summed E-state index contributed by atoms with van der Waals surface area (Å²) >= 11 is 0. The van der Waals surface area contributed by atoms with Gasteiger partial charge in [-0.1, -0.05) is 43.5 Å². The van der Waals surface area contributed by atoms with Gasteiger partial charge in [-0.3, -0.25) is 14.7 Å². The maximum Gasteiger partial charge on any atom is 0.221 e. The van der Waals surface area contributed by atoms with Crippen molar-refractivity contribution in [1.29, 1.82) is 0 Å². The van der Waals surface area contributed by atoms with Gasteiger partial charge in [0, 0.05) is 52.2 Å². The van der Waals surface area contributed by atoms with Crippen LogP contribution in [0.2, 0.25) is 0 Å². The van der Waals surface area contributed by atoms with Crippen LogP contribution in [-0.2, 0) is 22.6 Å². The Morgan fingerprint density at radius 2 is 1.81 bits per heavy atom. The minimum atomic E-state index is 0. The predicted octanol–water partition coefficient (Wildman–Crippen LogP) is 2.64. The van der Waals surface area contributed by atoms with Gasteiger partial charge in [-0.15, -0.1) is 24.0 Å². The first-order valence-electron chi connectivity index (χ1n) is 11.4. The van der Waals surface area contributed by atoms with Gasteiger partial charge in [0.1, 0.15) is 0 Å². The van der Waals surface area contributed by atoms with E-state index < -0.39 is 0 Å². The summed E-state index contributed by atoms with van der Waals surface area (Å²) in [6, 6.07) is 8.89. The molecule has 1 saturated carbocycles. The van der Waals surface area contributed by atoms with E-state index in [0.717, 1.165) is 51.6 Å². The van der Waals surface area contributed by atoms with Gasteiger partial charge in [0.25, 0.3) is 0 Å². The maximum atomic E-state index is 12.2. The molecule has 1 aromatic carbocycles. The third-order valence-electron chi connectivity index (χ3n) is 5.90. The van der Waals surface area contributed by atoms with E-state index in [0.29, 0.717) is 25.6 Å². The second-order valence-electron chi connectivity index (χ2n) is 8.16. The summed E-state index contributed by atoms with van der Waals surface area (Å²) in [5, 5.41) is 9.80. The van der Waals surface area contributed by atoms with Crippen molar-refractivity contribution in [2.45, 2.75) is 57.7 Å². The van der Waals surface area contributed by atoms with Crippen molar-refractivity contribution in [1.82, 2.24) is 20.9 Å². The van der Waals surface area contributed by atoms with Crippen molar-refractivity contribution >= 4 is 35.8 Å². The van der Waals surface area contributed by atoms with Gasteiger partial charge in [0.15, 0.2) is 5.96 Å². The van der Waals surface area contributed by atoms with Gasteiger partial charge < -0.3 is 20.7 Å². The molecule has 0 bridgehead atoms. The van der Waals surface area contributed by atoms with Crippen molar-refractivity contribution in [3.8, 4) is 0 Å². The van der Waals surface area contributed by atoms with Gasteiger partial charge in [-0.05, 0) is 24.0 Å². The number of benzene rings is 1. The molecule has 8 heteroatoms. The number of guanidine groups is 1. The van der Waals surface area contributed by atoms with E-state index >= 15 is 0 Å². The van der Waals surface area contributed by atoms with Crippen LogP contribution < -0.4 is 16.0 Å². The summed E-state index contributed by atoms with van der Waals surface area (Å²) in [7, 11) is 1.76. The third-order valence-corrected chi connectivity index (χ3v) is 5.90. The highest BCUT2D eigenvalue weighted by molar-refractivity contribution is 14.0. The Bertz CT molecular complexity index is 688. The van der Waals surface area contributed by atoms with Crippen LogP contribution in [0.15, 0.2) is 29.3 Å². The van der Waals surface area contributed by atoms with E-state index in [4.69, 9.17) is 4.74 Å². The fourth-order valence-corrected chi connectivity index (χ4v) is 4.13. The Morgan fingerprint density at radius 1 is 1.10 bits per heavy atom. The molecule has 0 spiro atoms. The van der Waals surface area contributed by atoms with Crippen LogP contribution in [-0.4, -0.2) is 62.7 Å². The second kappa shape index (κ2) is 14.6. The minimum Gasteiger partial charge on any atom is -0.379 e. The fourth-order valence-electron chi connectivity index (χ4n) is 4.13. The summed E-state index contributed by atoms with van der Waals surface area (Å²) in [4.78, 5) is 18.9. The largest absolute Gasteiger partial charge is 0.379 e. The molecule has 1 aliphatic heterocycles. The molecule has 1 amide bonds. The summed E-state index contributed by atoms with van der Waals surface area (Å²) < 4.78 is 5.45. The van der Waals surface area contributed by atoms with Crippen molar-refractivity contribution in [2.75, 3.05) is 39.9 Å². The van der Waals surface area contributed by atoms with E-state index in [2.05, 4.69) is 50.1 Å². The average molecular weight is 543 g/mol. The number of rotatable bonds is 8. The first-order valence-corrected chi connectivity index (χ1v) is 11.4. The van der Waals surface area contributed by atoms with Crippen molar-refractivity contribution in [3.05, 3.63) is 35.4 Å². The van der Waals surface area contributed by atoms with Crippen LogP contribution in [0.3, 0.4) is 0 Å². The molecule has 0 unspecified atom stereocenters. The average Bonchev–Trinajstić information content (AvgIpc) is 2.78. The molecule has 31 heavy (non-hydrogen) atoms. The molecular formula is C23H38IN5O2. The number of carbonyl (C=O) groups excluding carboxylic acids is 1. The summed E-state index contributed by atoms with van der Waals surface area (Å²) in [5.41, 5.74) is 2.59. The highest BCUT2D eigenvalue weighted by atomic mass is 127. The van der Waals surface area contributed by atoms with Crippen molar-refractivity contribution < 1.29 is 9.53 Å². The first kappa shape index (κ1) is 25.9. The topological polar surface area (TPSA) is 78.0 Å². The van der Waals surface area contributed by atoms with Crippen LogP contribution in [0.4, 0.5) is 0 Å². The Morgan fingerprint density at radius 3 is 2.52 bits per heavy atom. The molecule has 1 heterocycles. The van der Waals surface area contributed by atoms with E-state index in [-0.39, 0.29) is 29.9 Å². The summed E-state index contributed by atoms with van der Waals surface area (Å²) in [6.45, 7) is 5.80. The van der Waals surface area contributed by atoms with Gasteiger partial charge in [-0.2, -0.15) is 0 Å². The Labute approximate surface area is 203 Å². The third kappa shape index (κ3) is 9.33. The van der Waals surface area contributed by atoms with E-state index in [1.807, 2.05) is 0 Å². The van der Waals surface area contributed by atoms with Crippen LogP contribution >= 0.6 is 24.0 Å². The Hall–Kier alpha value is -1.39. The molecule has 2 aliphatic rings. The lowest BCUT2D eigenvalue weighted by atomic mass is 9.95. The molecule has 0 aromatic heterocycles. The van der Waals surface area contributed by atoms with Crippen LogP contribution in [0.5, 0.6) is 0 Å². The van der Waals surface area contributed by atoms with Gasteiger partial charge in [0.05, 0.1) is 13.2 Å². The first-order chi connectivity index (χ1) is 14.7. The standard InChI is InChI=1S/C23H37N5O2.HI/c1-24-23(25-12-11-22(29)27-21-9-3-2-4-10-21)26-17-19-7-5-6-8-20(19)18-28-13-15-30-16-14-28;/h5-8,21H,2-4,9-18H2,1H3,(H,27,29)(H2,24,25,26);1H. The van der Waals surface area contributed by atoms with E-state index in [1.165, 1.54) is 30.4 Å². The number of nitrogens with one attached hydrogen (secondary N) is 3. The molecule has 1 saturated heterocycles. The van der Waals surface area contributed by atoms with Crippen LogP contribution in [0, 0.1) is 0 Å². The highest BCUT2D eigenvalue weighted by Crippen LogP contribution is 2.17. The predicted molar refractivity (Wildman–Crippen MR) is 136 cm³/mol. The quantitative estimate of drug-likeness (QED) is 0.267. The van der Waals surface area contributed by atoms with Crippen molar-refractivity contribution in [2.24, 2.45) is 4.99 Å². The second-order valence-corrected chi connectivity index (χ2v) is 8.16. The van der Waals surface area contributed by atoms with Gasteiger partial charge >= 0.3 is 0 Å². The number of hydrogen-bond donors (Lipinski definition) is 3. The zero-order valence-electron chi connectivity index (χ0n) is 18.7. The van der Waals surface area contributed by atoms with E-state index in [1.54, 1.807) is 7.05 Å². The molecule has 1 aromatic rings. The van der Waals surface area contributed by atoms with Gasteiger partial charge in [-0.25, -0.2) is 0 Å². The Kier molecular flexibility index (Phi) is 12.2. The number of hydrogen-bond acceptors (Lipinski definition) is 4. The number of carbonyl (C=O) groups is 1. The summed E-state index contributed by atoms with van der Waals surface area (Å²) in [6.07, 6.45) is 6.45. The zero-order valence-corrected chi connectivity index (χ0v) is 21.0. The Balaban J connectivity index is 0.00000341. The minimum absolute atomic E-state index is 0. The lowest BCUT2D eigenvalue weighted by Crippen LogP contribution is -2.41. The molecule has 3 N–H and O–H groups in total. The van der Waals surface area contributed by atoms with Crippen LogP contribution in [0.25, 0.3) is 0 Å². The number of morpholine rings is 1. The van der Waals surface area contributed by atoms with Crippen LogP contribution in [0.1, 0.15) is 49.7 Å². The maximum absolute atomic E-state index is 12.2. The SMILES string of the molecule is CN=C(NCCC(=O)NC1CCCCC1)NCc1ccccc1CN1CCOCC1.I. The molecule has 3 rings (SSSR count). The normalized spacial score (nSPS) is 18.2. The molecule has 1 aliphatic carbocycles. The molecule has 174 valence electrons. The number of ether oxygens (including phenoxy) is 1. The van der Waals surface area contributed by atoms with Crippen molar-refractivity contribution in [3.63, 3.8) is 0 Å². The molecular weight excluding hydrogens is 505 g/mol. The van der Waals surface area contributed by atoms with Gasteiger partial charge in [0.2, 0.25) is 5.91 Å². The lowest BCUT2D eigenvalue weighted by molar-refractivity contribution is -0.121. The molecule has 0 radical (unpaired) electrons. The molecule has 2 fully saturated rings. The summed E-state index contributed by atoms with van der Waals surface area (Å²) in [5.74, 6) is 0.849. The number of halogens is 1.